The number of nitrogens with zero attached hydrogens (tertiary/aromatic N) is 1. The third-order valence-corrected chi connectivity index (χ3v) is 4.41. The molecule has 0 unspecified atom stereocenters. The van der Waals surface area contributed by atoms with E-state index in [2.05, 4.69) is 5.32 Å². The number of carbonyl (C=O) groups is 2. The second kappa shape index (κ2) is 8.32. The van der Waals surface area contributed by atoms with Gasteiger partial charge in [0.1, 0.15) is 6.04 Å². The Morgan fingerprint density at radius 2 is 1.37 bits per heavy atom. The highest BCUT2D eigenvalue weighted by atomic mass is 16.2. The largest absolute Gasteiger partial charge is 0.326 e. The highest BCUT2D eigenvalue weighted by molar-refractivity contribution is 6.01. The molecule has 0 aliphatic carbocycles. The van der Waals surface area contributed by atoms with E-state index in [1.165, 1.54) is 4.90 Å². The fourth-order valence-electron chi connectivity index (χ4n) is 2.94. The molecule has 3 aromatic rings. The van der Waals surface area contributed by atoms with E-state index in [1.54, 1.807) is 19.2 Å². The molecule has 0 spiro atoms. The van der Waals surface area contributed by atoms with Gasteiger partial charge in [-0.2, -0.15) is 0 Å². The van der Waals surface area contributed by atoms with E-state index >= 15 is 0 Å². The van der Waals surface area contributed by atoms with Gasteiger partial charge in [0, 0.05) is 18.3 Å². The first-order valence-corrected chi connectivity index (χ1v) is 8.81. The predicted molar refractivity (Wildman–Crippen MR) is 108 cm³/mol. The Bertz CT molecular complexity index is 906. The van der Waals surface area contributed by atoms with Gasteiger partial charge in [-0.25, -0.2) is 0 Å². The monoisotopic (exact) mass is 358 g/mol. The molecule has 4 heteroatoms. The van der Waals surface area contributed by atoms with Crippen LogP contribution >= 0.6 is 0 Å². The summed E-state index contributed by atoms with van der Waals surface area (Å²) < 4.78 is 0. The molecule has 2 amide bonds. The first-order valence-electron chi connectivity index (χ1n) is 8.81. The summed E-state index contributed by atoms with van der Waals surface area (Å²) in [6, 6.07) is 25.1. The Balaban J connectivity index is 1.90. The third-order valence-electron chi connectivity index (χ3n) is 4.41. The maximum absolute atomic E-state index is 13.1. The van der Waals surface area contributed by atoms with Crippen LogP contribution in [-0.4, -0.2) is 23.8 Å². The first kappa shape index (κ1) is 18.4. The molecule has 0 radical (unpaired) electrons. The zero-order valence-corrected chi connectivity index (χ0v) is 15.4. The summed E-state index contributed by atoms with van der Waals surface area (Å²) >= 11 is 0. The molecule has 0 saturated carbocycles. The van der Waals surface area contributed by atoms with Crippen LogP contribution in [0, 0.1) is 6.92 Å². The molecule has 0 aliphatic rings. The van der Waals surface area contributed by atoms with Gasteiger partial charge >= 0.3 is 0 Å². The van der Waals surface area contributed by atoms with E-state index in [-0.39, 0.29) is 11.8 Å². The zero-order chi connectivity index (χ0) is 19.2. The van der Waals surface area contributed by atoms with Crippen LogP contribution in [0.2, 0.25) is 0 Å². The minimum Gasteiger partial charge on any atom is -0.326 e. The lowest BCUT2D eigenvalue weighted by atomic mass is 10.0. The number of aryl methyl sites for hydroxylation is 1. The Labute approximate surface area is 159 Å². The van der Waals surface area contributed by atoms with Crippen molar-refractivity contribution in [3.63, 3.8) is 0 Å². The topological polar surface area (TPSA) is 49.4 Å². The van der Waals surface area contributed by atoms with Crippen molar-refractivity contribution in [2.24, 2.45) is 0 Å². The fraction of sp³-hybridized carbons (Fsp3) is 0.130. The summed E-state index contributed by atoms with van der Waals surface area (Å²) in [5.41, 5.74) is 3.12. The molecule has 4 nitrogen and oxygen atoms in total. The molecule has 3 aromatic carbocycles. The number of nitrogens with one attached hydrogen (secondary N) is 1. The molecular formula is C23H22N2O2. The number of rotatable bonds is 5. The van der Waals surface area contributed by atoms with Crippen molar-refractivity contribution < 1.29 is 9.59 Å². The molecule has 0 saturated heterocycles. The fourth-order valence-corrected chi connectivity index (χ4v) is 2.94. The smallest absolute Gasteiger partial charge is 0.254 e. The summed E-state index contributed by atoms with van der Waals surface area (Å²) in [4.78, 5) is 27.5. The summed E-state index contributed by atoms with van der Waals surface area (Å²) in [6.45, 7) is 1.99. The van der Waals surface area contributed by atoms with E-state index in [9.17, 15) is 9.59 Å². The van der Waals surface area contributed by atoms with Crippen LogP contribution < -0.4 is 5.32 Å². The Kier molecular flexibility index (Phi) is 5.67. The number of anilines is 1. The average Bonchev–Trinajstić information content (AvgIpc) is 2.71. The van der Waals surface area contributed by atoms with Gasteiger partial charge in [-0.05, 0) is 36.8 Å². The standard InChI is InChI=1S/C23H22N2O2/c1-17-13-15-20(16-14-17)24-22(26)21(18-9-5-3-6-10-18)25(2)23(27)19-11-7-4-8-12-19/h3-16,21H,1-2H3,(H,24,26)/t21-/m1/s1. The lowest BCUT2D eigenvalue weighted by molar-refractivity contribution is -0.120. The second-order valence-corrected chi connectivity index (χ2v) is 6.45. The van der Waals surface area contributed by atoms with Crippen molar-refractivity contribution in [2.45, 2.75) is 13.0 Å². The number of hydrogen-bond acceptors (Lipinski definition) is 2. The highest BCUT2D eigenvalue weighted by Crippen LogP contribution is 2.23. The lowest BCUT2D eigenvalue weighted by Crippen LogP contribution is -2.38. The molecule has 0 aliphatic heterocycles. The Morgan fingerprint density at radius 1 is 0.815 bits per heavy atom. The van der Waals surface area contributed by atoms with Crippen LogP contribution in [0.5, 0.6) is 0 Å². The Hall–Kier alpha value is -3.40. The van der Waals surface area contributed by atoms with Crippen LogP contribution in [0.4, 0.5) is 5.69 Å². The van der Waals surface area contributed by atoms with Crippen LogP contribution in [0.3, 0.4) is 0 Å². The van der Waals surface area contributed by atoms with Crippen molar-refractivity contribution >= 4 is 17.5 Å². The van der Waals surface area contributed by atoms with Gasteiger partial charge in [0.15, 0.2) is 0 Å². The van der Waals surface area contributed by atoms with Gasteiger partial charge in [0.25, 0.3) is 11.8 Å². The van der Waals surface area contributed by atoms with Crippen molar-refractivity contribution in [3.05, 3.63) is 102 Å². The molecule has 0 fully saturated rings. The summed E-state index contributed by atoms with van der Waals surface area (Å²) in [5.74, 6) is -0.458. The van der Waals surface area contributed by atoms with Crippen molar-refractivity contribution in [2.75, 3.05) is 12.4 Å². The molecule has 0 heterocycles. The minimum absolute atomic E-state index is 0.205. The lowest BCUT2D eigenvalue weighted by Gasteiger charge is -2.28. The SMILES string of the molecule is Cc1ccc(NC(=O)[C@@H](c2ccccc2)N(C)C(=O)c2ccccc2)cc1. The maximum atomic E-state index is 13.1. The quantitative estimate of drug-likeness (QED) is 0.733. The molecular weight excluding hydrogens is 336 g/mol. The van der Waals surface area contributed by atoms with E-state index in [0.29, 0.717) is 11.3 Å². The molecule has 0 aromatic heterocycles. The zero-order valence-electron chi connectivity index (χ0n) is 15.4. The summed E-state index contributed by atoms with van der Waals surface area (Å²) in [7, 11) is 1.65. The molecule has 27 heavy (non-hydrogen) atoms. The van der Waals surface area contributed by atoms with Crippen molar-refractivity contribution in [3.8, 4) is 0 Å². The van der Waals surface area contributed by atoms with Gasteiger partial charge in [0.2, 0.25) is 0 Å². The number of likely N-dealkylation sites (N-methyl/N-ethyl adjacent to an activating group) is 1. The average molecular weight is 358 g/mol. The van der Waals surface area contributed by atoms with E-state index in [0.717, 1.165) is 11.1 Å². The van der Waals surface area contributed by atoms with Gasteiger partial charge in [-0.15, -0.1) is 0 Å². The van der Waals surface area contributed by atoms with Crippen molar-refractivity contribution in [1.29, 1.82) is 0 Å². The number of carbonyl (C=O) groups excluding carboxylic acids is 2. The second-order valence-electron chi connectivity index (χ2n) is 6.45. The van der Waals surface area contributed by atoms with E-state index in [4.69, 9.17) is 0 Å². The number of hydrogen-bond donors (Lipinski definition) is 1. The summed E-state index contributed by atoms with van der Waals surface area (Å²) in [5, 5.41) is 2.92. The summed E-state index contributed by atoms with van der Waals surface area (Å²) in [6.07, 6.45) is 0. The highest BCUT2D eigenvalue weighted by Gasteiger charge is 2.29. The van der Waals surface area contributed by atoms with Crippen LogP contribution in [0.15, 0.2) is 84.9 Å². The predicted octanol–water partition coefficient (Wildman–Crippen LogP) is 4.45. The van der Waals surface area contributed by atoms with E-state index < -0.39 is 6.04 Å². The van der Waals surface area contributed by atoms with Gasteiger partial charge in [-0.1, -0.05) is 66.2 Å². The van der Waals surface area contributed by atoms with Crippen LogP contribution in [-0.2, 0) is 4.79 Å². The Morgan fingerprint density at radius 3 is 1.96 bits per heavy atom. The molecule has 0 bridgehead atoms. The number of benzene rings is 3. The van der Waals surface area contributed by atoms with E-state index in [1.807, 2.05) is 79.7 Å². The number of amides is 2. The van der Waals surface area contributed by atoms with Crippen LogP contribution in [0.25, 0.3) is 0 Å². The minimum atomic E-state index is -0.736. The maximum Gasteiger partial charge on any atom is 0.254 e. The molecule has 3 rings (SSSR count). The third kappa shape index (κ3) is 4.42. The van der Waals surface area contributed by atoms with Crippen molar-refractivity contribution in [1.82, 2.24) is 4.90 Å². The molecule has 136 valence electrons. The normalized spacial score (nSPS) is 11.5. The first-order chi connectivity index (χ1) is 13.1. The molecule has 1 atom stereocenters. The van der Waals surface area contributed by atoms with Gasteiger partial charge in [0.05, 0.1) is 0 Å². The van der Waals surface area contributed by atoms with Gasteiger partial charge in [-0.3, -0.25) is 9.59 Å². The van der Waals surface area contributed by atoms with Crippen LogP contribution in [0.1, 0.15) is 27.5 Å². The molecule has 1 N–H and O–H groups in total. The van der Waals surface area contributed by atoms with Gasteiger partial charge < -0.3 is 10.2 Å².